The Labute approximate surface area is 112 Å². The zero-order chi connectivity index (χ0) is 13.8. The van der Waals surface area contributed by atoms with E-state index in [1.807, 2.05) is 33.0 Å². The van der Waals surface area contributed by atoms with E-state index in [-0.39, 0.29) is 0 Å². The third-order valence-electron chi connectivity index (χ3n) is 2.77. The van der Waals surface area contributed by atoms with E-state index in [1.165, 1.54) is 0 Å². The van der Waals surface area contributed by atoms with Crippen LogP contribution in [-0.2, 0) is 0 Å². The molecule has 1 heterocycles. The Bertz CT molecular complexity index is 626. The van der Waals surface area contributed by atoms with E-state index < -0.39 is 0 Å². The van der Waals surface area contributed by atoms with Crippen molar-refractivity contribution in [3.8, 4) is 6.07 Å². The molecule has 0 aliphatic rings. The van der Waals surface area contributed by atoms with Crippen LogP contribution in [0, 0.1) is 25.2 Å². The van der Waals surface area contributed by atoms with Crippen LogP contribution in [0.1, 0.15) is 17.0 Å². The first kappa shape index (κ1) is 12.8. The maximum Gasteiger partial charge on any atom is 0.139 e. The van der Waals surface area contributed by atoms with E-state index in [0.717, 1.165) is 22.9 Å². The molecule has 5 nitrogen and oxygen atoms in total. The van der Waals surface area contributed by atoms with Crippen molar-refractivity contribution in [1.82, 2.24) is 9.97 Å². The van der Waals surface area contributed by atoms with E-state index in [4.69, 9.17) is 5.26 Å². The lowest BCUT2D eigenvalue weighted by molar-refractivity contribution is 1.04. The Balaban J connectivity index is 2.32. The molecule has 0 aliphatic heterocycles. The number of nitrogens with one attached hydrogen (secondary N) is 2. The zero-order valence-electron chi connectivity index (χ0n) is 11.2. The number of benzene rings is 1. The summed E-state index contributed by atoms with van der Waals surface area (Å²) >= 11 is 0. The first-order chi connectivity index (χ1) is 9.13. The van der Waals surface area contributed by atoms with Crippen molar-refractivity contribution in [2.24, 2.45) is 0 Å². The summed E-state index contributed by atoms with van der Waals surface area (Å²) in [6.45, 7) is 3.81. The average Bonchev–Trinajstić information content (AvgIpc) is 2.43. The molecule has 0 spiro atoms. The van der Waals surface area contributed by atoms with Gasteiger partial charge in [-0.2, -0.15) is 5.26 Å². The SMILES string of the molecule is CNc1nc(C)nc(Nc2ccc(C#N)cc2)c1C. The Morgan fingerprint density at radius 1 is 1.05 bits per heavy atom. The molecule has 5 heteroatoms. The molecule has 0 saturated heterocycles. The van der Waals surface area contributed by atoms with Gasteiger partial charge in [0, 0.05) is 18.3 Å². The predicted molar refractivity (Wildman–Crippen MR) is 75.5 cm³/mol. The molecule has 0 amide bonds. The number of aromatic nitrogens is 2. The van der Waals surface area contributed by atoms with Gasteiger partial charge in [-0.15, -0.1) is 0 Å². The van der Waals surface area contributed by atoms with Crippen LogP contribution < -0.4 is 10.6 Å². The molecule has 1 aromatic heterocycles. The van der Waals surface area contributed by atoms with Crippen molar-refractivity contribution in [1.29, 1.82) is 5.26 Å². The van der Waals surface area contributed by atoms with Gasteiger partial charge in [-0.3, -0.25) is 0 Å². The Morgan fingerprint density at radius 2 is 1.68 bits per heavy atom. The smallest absolute Gasteiger partial charge is 0.139 e. The summed E-state index contributed by atoms with van der Waals surface area (Å²) in [7, 11) is 1.83. The van der Waals surface area contributed by atoms with Crippen LogP contribution in [0.4, 0.5) is 17.3 Å². The number of nitriles is 1. The van der Waals surface area contributed by atoms with Gasteiger partial charge in [0.15, 0.2) is 0 Å². The third-order valence-corrected chi connectivity index (χ3v) is 2.77. The van der Waals surface area contributed by atoms with Gasteiger partial charge in [0.05, 0.1) is 11.6 Å². The van der Waals surface area contributed by atoms with E-state index in [9.17, 15) is 0 Å². The topological polar surface area (TPSA) is 73.6 Å². The van der Waals surface area contributed by atoms with Crippen LogP contribution >= 0.6 is 0 Å². The fraction of sp³-hybridized carbons (Fsp3) is 0.214. The number of hydrogen-bond acceptors (Lipinski definition) is 5. The van der Waals surface area contributed by atoms with Crippen LogP contribution in [0.2, 0.25) is 0 Å². The van der Waals surface area contributed by atoms with Crippen LogP contribution in [0.3, 0.4) is 0 Å². The van der Waals surface area contributed by atoms with Gasteiger partial charge < -0.3 is 10.6 Å². The van der Waals surface area contributed by atoms with Crippen molar-refractivity contribution in [2.75, 3.05) is 17.7 Å². The van der Waals surface area contributed by atoms with E-state index in [1.54, 1.807) is 12.1 Å². The minimum absolute atomic E-state index is 0.636. The molecule has 0 atom stereocenters. The van der Waals surface area contributed by atoms with Gasteiger partial charge in [-0.05, 0) is 38.1 Å². The summed E-state index contributed by atoms with van der Waals surface area (Å²) in [6.07, 6.45) is 0. The van der Waals surface area contributed by atoms with Gasteiger partial charge in [-0.1, -0.05) is 0 Å². The molecule has 2 rings (SSSR count). The second kappa shape index (κ2) is 5.36. The molecule has 0 unspecified atom stereocenters. The maximum absolute atomic E-state index is 8.77. The number of aryl methyl sites for hydroxylation is 1. The summed E-state index contributed by atoms with van der Waals surface area (Å²) in [5.41, 5.74) is 2.48. The standard InChI is InChI=1S/C14H15N5/c1-9-13(16-3)17-10(2)18-14(9)19-12-6-4-11(8-15)5-7-12/h4-7H,1-3H3,(H2,16,17,18,19). The lowest BCUT2D eigenvalue weighted by atomic mass is 10.2. The van der Waals surface area contributed by atoms with Gasteiger partial charge in [0.25, 0.3) is 0 Å². The number of rotatable bonds is 3. The monoisotopic (exact) mass is 253 g/mol. The number of nitrogens with zero attached hydrogens (tertiary/aromatic N) is 3. The highest BCUT2D eigenvalue weighted by Crippen LogP contribution is 2.23. The second-order valence-electron chi connectivity index (χ2n) is 4.16. The number of anilines is 3. The molecular formula is C14H15N5. The average molecular weight is 253 g/mol. The van der Waals surface area contributed by atoms with E-state index in [0.29, 0.717) is 11.4 Å². The summed E-state index contributed by atoms with van der Waals surface area (Å²) in [6, 6.07) is 9.34. The normalized spacial score (nSPS) is 9.79. The van der Waals surface area contributed by atoms with Crippen LogP contribution in [0.15, 0.2) is 24.3 Å². The summed E-state index contributed by atoms with van der Waals surface area (Å²) in [5, 5.41) is 15.1. The van der Waals surface area contributed by atoms with E-state index >= 15 is 0 Å². The van der Waals surface area contributed by atoms with Gasteiger partial charge in [0.1, 0.15) is 17.5 Å². The summed E-state index contributed by atoms with van der Waals surface area (Å²) in [5.74, 6) is 2.27. The summed E-state index contributed by atoms with van der Waals surface area (Å²) in [4.78, 5) is 8.71. The second-order valence-corrected chi connectivity index (χ2v) is 4.16. The molecule has 96 valence electrons. The molecule has 0 saturated carbocycles. The van der Waals surface area contributed by atoms with Crippen molar-refractivity contribution >= 4 is 17.3 Å². The molecule has 0 aliphatic carbocycles. The molecule has 2 N–H and O–H groups in total. The fourth-order valence-corrected chi connectivity index (χ4v) is 1.76. The Kier molecular flexibility index (Phi) is 3.62. The van der Waals surface area contributed by atoms with Crippen LogP contribution in [-0.4, -0.2) is 17.0 Å². The van der Waals surface area contributed by atoms with Crippen molar-refractivity contribution in [3.05, 3.63) is 41.2 Å². The molecule has 1 aromatic carbocycles. The van der Waals surface area contributed by atoms with Crippen LogP contribution in [0.25, 0.3) is 0 Å². The quantitative estimate of drug-likeness (QED) is 0.879. The van der Waals surface area contributed by atoms with E-state index in [2.05, 4.69) is 26.7 Å². The molecule has 0 bridgehead atoms. The molecule has 0 fully saturated rings. The fourth-order valence-electron chi connectivity index (χ4n) is 1.76. The predicted octanol–water partition coefficient (Wildman–Crippen LogP) is 2.75. The van der Waals surface area contributed by atoms with Gasteiger partial charge in [0.2, 0.25) is 0 Å². The minimum atomic E-state index is 0.636. The molecular weight excluding hydrogens is 238 g/mol. The van der Waals surface area contributed by atoms with Crippen LogP contribution in [0.5, 0.6) is 0 Å². The Morgan fingerprint density at radius 3 is 2.26 bits per heavy atom. The number of hydrogen-bond donors (Lipinski definition) is 2. The maximum atomic E-state index is 8.77. The zero-order valence-corrected chi connectivity index (χ0v) is 11.2. The van der Waals surface area contributed by atoms with Crippen molar-refractivity contribution in [3.63, 3.8) is 0 Å². The Hall–Kier alpha value is -2.61. The van der Waals surface area contributed by atoms with Gasteiger partial charge in [-0.25, -0.2) is 9.97 Å². The summed E-state index contributed by atoms with van der Waals surface area (Å²) < 4.78 is 0. The highest BCUT2D eigenvalue weighted by molar-refractivity contribution is 5.65. The third kappa shape index (κ3) is 2.80. The van der Waals surface area contributed by atoms with Crippen molar-refractivity contribution in [2.45, 2.75) is 13.8 Å². The van der Waals surface area contributed by atoms with Crippen molar-refractivity contribution < 1.29 is 0 Å². The first-order valence-electron chi connectivity index (χ1n) is 5.94. The first-order valence-corrected chi connectivity index (χ1v) is 5.94. The molecule has 19 heavy (non-hydrogen) atoms. The lowest BCUT2D eigenvalue weighted by Gasteiger charge is -2.12. The minimum Gasteiger partial charge on any atom is -0.373 e. The highest BCUT2D eigenvalue weighted by atomic mass is 15.1. The highest BCUT2D eigenvalue weighted by Gasteiger charge is 2.08. The lowest BCUT2D eigenvalue weighted by Crippen LogP contribution is -2.05. The molecule has 0 radical (unpaired) electrons. The van der Waals surface area contributed by atoms with Gasteiger partial charge >= 0.3 is 0 Å². The molecule has 2 aromatic rings. The largest absolute Gasteiger partial charge is 0.373 e.